The molecule has 3 rings (SSSR count). The lowest BCUT2D eigenvalue weighted by atomic mass is 10.0. The molecular weight excluding hydrogens is 434 g/mol. The molecule has 2 aromatic rings. The van der Waals surface area contributed by atoms with Crippen LogP contribution in [0.25, 0.3) is 0 Å². The molecule has 2 heterocycles. The van der Waals surface area contributed by atoms with Gasteiger partial charge in [0.25, 0.3) is 18.2 Å². The second-order valence-electron chi connectivity index (χ2n) is 6.60. The third-order valence-corrected chi connectivity index (χ3v) is 4.55. The second kappa shape index (κ2) is 9.61. The molecule has 1 aliphatic rings. The Bertz CT molecular complexity index is 1030. The van der Waals surface area contributed by atoms with Crippen molar-refractivity contribution in [3.05, 3.63) is 64.8 Å². The highest BCUT2D eigenvalue weighted by atomic mass is 35.5. The van der Waals surface area contributed by atoms with Gasteiger partial charge in [-0.25, -0.2) is 13.8 Å². The van der Waals surface area contributed by atoms with Crippen LogP contribution in [0.5, 0.6) is 5.75 Å². The second-order valence-corrected chi connectivity index (χ2v) is 7.04. The molecule has 1 unspecified atom stereocenters. The Labute approximate surface area is 180 Å². The van der Waals surface area contributed by atoms with Crippen molar-refractivity contribution >= 4 is 29.2 Å². The zero-order chi connectivity index (χ0) is 22.5. The summed E-state index contributed by atoms with van der Waals surface area (Å²) < 4.78 is 30.5. The first-order chi connectivity index (χ1) is 14.7. The zero-order valence-corrected chi connectivity index (χ0v) is 16.8. The number of hydrogen-bond donors (Lipinski definition) is 2. The molecule has 2 N–H and O–H groups in total. The molecule has 1 aromatic heterocycles. The van der Waals surface area contributed by atoms with Crippen molar-refractivity contribution in [2.75, 3.05) is 6.54 Å². The molecule has 0 spiro atoms. The summed E-state index contributed by atoms with van der Waals surface area (Å²) in [6, 6.07) is 4.58. The van der Waals surface area contributed by atoms with Crippen molar-refractivity contribution in [2.45, 2.75) is 25.4 Å². The van der Waals surface area contributed by atoms with E-state index in [0.29, 0.717) is 10.6 Å². The minimum atomic E-state index is -2.78. The van der Waals surface area contributed by atoms with Gasteiger partial charge >= 0.3 is 0 Å². The average molecular weight is 451 g/mol. The lowest BCUT2D eigenvalue weighted by Crippen LogP contribution is -2.42. The average Bonchev–Trinajstić information content (AvgIpc) is 2.74. The maximum atomic E-state index is 12.5. The monoisotopic (exact) mass is 450 g/mol. The molecule has 1 atom stereocenters. The van der Waals surface area contributed by atoms with E-state index in [-0.39, 0.29) is 42.3 Å². The van der Waals surface area contributed by atoms with Crippen LogP contribution in [0.4, 0.5) is 8.78 Å². The number of amides is 2. The van der Waals surface area contributed by atoms with E-state index >= 15 is 0 Å². The number of ether oxygens (including phenoxy) is 1. The molecule has 0 saturated carbocycles. The van der Waals surface area contributed by atoms with Gasteiger partial charge in [0.05, 0.1) is 24.4 Å². The van der Waals surface area contributed by atoms with Gasteiger partial charge in [0.2, 0.25) is 0 Å². The summed E-state index contributed by atoms with van der Waals surface area (Å²) in [7, 11) is 0. The normalized spacial score (nSPS) is 15.1. The highest BCUT2D eigenvalue weighted by Crippen LogP contribution is 2.30. The summed E-state index contributed by atoms with van der Waals surface area (Å²) in [5, 5.41) is 5.46. The van der Waals surface area contributed by atoms with Crippen molar-refractivity contribution in [2.24, 2.45) is 0 Å². The maximum absolute atomic E-state index is 12.5. The van der Waals surface area contributed by atoms with Crippen LogP contribution < -0.4 is 15.4 Å². The summed E-state index contributed by atoms with van der Waals surface area (Å²) in [4.78, 5) is 43.7. The number of fused-ring (bicyclic) bond motifs is 1. The Balaban J connectivity index is 1.46. The highest BCUT2D eigenvalue weighted by molar-refractivity contribution is 6.31. The Morgan fingerprint density at radius 1 is 1.29 bits per heavy atom. The van der Waals surface area contributed by atoms with E-state index in [2.05, 4.69) is 27.2 Å². The van der Waals surface area contributed by atoms with E-state index in [1.165, 1.54) is 12.1 Å². The number of nitrogens with one attached hydrogen (secondary N) is 2. The first kappa shape index (κ1) is 22.3. The summed E-state index contributed by atoms with van der Waals surface area (Å²) in [6.45, 7) is 3.80. The molecule has 2 amide bonds. The SMILES string of the molecule is C=C(CCNC(=O)C1CC(=O)c2cc(Cl)ccc2O1)NC(=O)c1cnc(C(F)F)cn1. The van der Waals surface area contributed by atoms with E-state index < -0.39 is 30.0 Å². The lowest BCUT2D eigenvalue weighted by Gasteiger charge is -2.24. The largest absolute Gasteiger partial charge is 0.479 e. The smallest absolute Gasteiger partial charge is 0.281 e. The van der Waals surface area contributed by atoms with Crippen molar-refractivity contribution in [1.29, 1.82) is 0 Å². The van der Waals surface area contributed by atoms with Crippen LogP contribution in [0.1, 0.15) is 45.8 Å². The predicted molar refractivity (Wildman–Crippen MR) is 106 cm³/mol. The maximum Gasteiger partial charge on any atom is 0.281 e. The highest BCUT2D eigenvalue weighted by Gasteiger charge is 2.31. The third-order valence-electron chi connectivity index (χ3n) is 4.32. The van der Waals surface area contributed by atoms with Gasteiger partial charge in [-0.2, -0.15) is 0 Å². The van der Waals surface area contributed by atoms with Gasteiger partial charge in [0.1, 0.15) is 17.1 Å². The molecule has 1 aliphatic heterocycles. The first-order valence-electron chi connectivity index (χ1n) is 9.11. The molecular formula is C20H17ClF2N4O4. The lowest BCUT2D eigenvalue weighted by molar-refractivity contribution is -0.128. The third kappa shape index (κ3) is 5.60. The van der Waals surface area contributed by atoms with E-state index in [1.807, 2.05) is 0 Å². The molecule has 1 aromatic carbocycles. The Hall–Kier alpha value is -3.40. The summed E-state index contributed by atoms with van der Waals surface area (Å²) in [5.41, 5.74) is -0.0855. The fourth-order valence-corrected chi connectivity index (χ4v) is 2.92. The molecule has 0 bridgehead atoms. The molecule has 11 heteroatoms. The van der Waals surface area contributed by atoms with Gasteiger partial charge < -0.3 is 15.4 Å². The van der Waals surface area contributed by atoms with E-state index in [9.17, 15) is 23.2 Å². The number of hydrogen-bond acceptors (Lipinski definition) is 6. The van der Waals surface area contributed by atoms with Gasteiger partial charge in [-0.05, 0) is 18.2 Å². The molecule has 0 aliphatic carbocycles. The number of carbonyl (C=O) groups excluding carboxylic acids is 3. The van der Waals surface area contributed by atoms with Crippen LogP contribution in [-0.4, -0.2) is 40.2 Å². The predicted octanol–water partition coefficient (Wildman–Crippen LogP) is 2.85. The summed E-state index contributed by atoms with van der Waals surface area (Å²) in [5.74, 6) is -1.11. The van der Waals surface area contributed by atoms with Crippen molar-refractivity contribution in [3.63, 3.8) is 0 Å². The van der Waals surface area contributed by atoms with Crippen LogP contribution in [0.3, 0.4) is 0 Å². The molecule has 162 valence electrons. The van der Waals surface area contributed by atoms with Crippen molar-refractivity contribution in [3.8, 4) is 5.75 Å². The van der Waals surface area contributed by atoms with Crippen LogP contribution in [0.2, 0.25) is 5.02 Å². The van der Waals surface area contributed by atoms with Crippen molar-refractivity contribution in [1.82, 2.24) is 20.6 Å². The number of ketones is 1. The summed E-state index contributed by atoms with van der Waals surface area (Å²) >= 11 is 5.87. The molecule has 8 nitrogen and oxygen atoms in total. The Morgan fingerprint density at radius 3 is 2.74 bits per heavy atom. The Kier molecular flexibility index (Phi) is 6.91. The Morgan fingerprint density at radius 2 is 2.06 bits per heavy atom. The molecule has 31 heavy (non-hydrogen) atoms. The van der Waals surface area contributed by atoms with Crippen LogP contribution in [0.15, 0.2) is 42.9 Å². The van der Waals surface area contributed by atoms with Gasteiger partial charge in [-0.15, -0.1) is 0 Å². The number of nitrogens with zero attached hydrogens (tertiary/aromatic N) is 2. The fraction of sp³-hybridized carbons (Fsp3) is 0.250. The van der Waals surface area contributed by atoms with Gasteiger partial charge in [-0.1, -0.05) is 18.2 Å². The number of halogens is 3. The molecule has 0 saturated heterocycles. The topological polar surface area (TPSA) is 110 Å². The number of carbonyl (C=O) groups is 3. The van der Waals surface area contributed by atoms with Crippen LogP contribution in [0, 0.1) is 0 Å². The number of aromatic nitrogens is 2. The van der Waals surface area contributed by atoms with E-state index in [0.717, 1.165) is 12.4 Å². The minimum Gasteiger partial charge on any atom is -0.479 e. The fourth-order valence-electron chi connectivity index (χ4n) is 2.75. The van der Waals surface area contributed by atoms with Gasteiger partial charge in [-0.3, -0.25) is 19.4 Å². The van der Waals surface area contributed by atoms with E-state index in [4.69, 9.17) is 16.3 Å². The van der Waals surface area contributed by atoms with Crippen LogP contribution >= 0.6 is 11.6 Å². The summed E-state index contributed by atoms with van der Waals surface area (Å²) in [6.07, 6.45) is -1.93. The quantitative estimate of drug-likeness (QED) is 0.671. The van der Waals surface area contributed by atoms with Gasteiger partial charge in [0.15, 0.2) is 11.9 Å². The number of alkyl halides is 2. The number of rotatable bonds is 7. The molecule has 0 radical (unpaired) electrons. The zero-order valence-electron chi connectivity index (χ0n) is 16.0. The first-order valence-corrected chi connectivity index (χ1v) is 9.48. The van der Waals surface area contributed by atoms with Gasteiger partial charge in [0, 0.05) is 23.7 Å². The number of Topliss-reactive ketones (excluding diaryl/α,β-unsaturated/α-hetero) is 1. The van der Waals surface area contributed by atoms with Crippen molar-refractivity contribution < 1.29 is 27.9 Å². The number of benzene rings is 1. The van der Waals surface area contributed by atoms with E-state index in [1.54, 1.807) is 6.07 Å². The standard InChI is InChI=1S/C20H17ClF2N4O4/c1-10(27-19(29)14-9-25-13(8-26-14)18(22)23)4-5-24-20(30)17-7-15(28)12-6-11(21)2-3-16(12)31-17/h2-3,6,8-9,17-18H,1,4-5,7H2,(H,24,30)(H,27,29). The molecule has 0 fully saturated rings. The minimum absolute atomic E-state index is 0.121. The van der Waals surface area contributed by atoms with Crippen LogP contribution in [-0.2, 0) is 4.79 Å².